The number of fused-ring (bicyclic) bond motifs is 1. The summed E-state index contributed by atoms with van der Waals surface area (Å²) in [6.45, 7) is 9.20. The van der Waals surface area contributed by atoms with E-state index in [9.17, 15) is 9.59 Å². The average Bonchev–Trinajstić information content (AvgIpc) is 3.37. The number of thiazole rings is 1. The number of imidazole rings is 1. The number of amides is 1. The Labute approximate surface area is 177 Å². The van der Waals surface area contributed by atoms with Crippen LogP contribution in [0.25, 0.3) is 0 Å². The second-order valence-electron chi connectivity index (χ2n) is 7.00. The van der Waals surface area contributed by atoms with Crippen LogP contribution >= 0.6 is 11.3 Å². The van der Waals surface area contributed by atoms with Gasteiger partial charge < -0.3 is 14.4 Å². The van der Waals surface area contributed by atoms with Crippen LogP contribution in [0.4, 0.5) is 0 Å². The van der Waals surface area contributed by atoms with Gasteiger partial charge in [-0.25, -0.2) is 4.98 Å². The van der Waals surface area contributed by atoms with Gasteiger partial charge in [0.25, 0.3) is 0 Å². The largest absolute Gasteiger partial charge is 0.330 e. The minimum absolute atomic E-state index is 0.00173. The number of aromatic nitrogens is 3. The summed E-state index contributed by atoms with van der Waals surface area (Å²) in [5.41, 5.74) is 2.50. The van der Waals surface area contributed by atoms with Crippen molar-refractivity contribution in [2.75, 3.05) is 26.7 Å². The summed E-state index contributed by atoms with van der Waals surface area (Å²) in [5, 5.41) is 0. The van der Waals surface area contributed by atoms with Crippen molar-refractivity contribution in [1.29, 1.82) is 0 Å². The number of hydrogen-bond donors (Lipinski definition) is 0. The first-order valence-corrected chi connectivity index (χ1v) is 10.9. The van der Waals surface area contributed by atoms with Gasteiger partial charge in [0, 0.05) is 43.7 Å². The summed E-state index contributed by atoms with van der Waals surface area (Å²) >= 11 is 1.74. The lowest BCUT2D eigenvalue weighted by Crippen LogP contribution is -2.38. The van der Waals surface area contributed by atoms with Gasteiger partial charge in [-0.05, 0) is 20.0 Å². The van der Waals surface area contributed by atoms with Gasteiger partial charge >= 0.3 is 0 Å². The van der Waals surface area contributed by atoms with E-state index in [1.807, 2.05) is 29.4 Å². The third-order valence-corrected chi connectivity index (χ3v) is 5.57. The highest BCUT2D eigenvalue weighted by atomic mass is 32.1. The molecular weight excluding hydrogens is 386 g/mol. The highest BCUT2D eigenvalue weighted by molar-refractivity contribution is 7.09. The fraction of sp³-hybridized carbons (Fsp3) is 0.524. The molecule has 0 spiro atoms. The Morgan fingerprint density at radius 3 is 2.69 bits per heavy atom. The van der Waals surface area contributed by atoms with Crippen molar-refractivity contribution in [2.24, 2.45) is 0 Å². The molecule has 0 atom stereocenters. The minimum atomic E-state index is -0.00173. The van der Waals surface area contributed by atoms with Crippen LogP contribution in [0.5, 0.6) is 0 Å². The first-order valence-electron chi connectivity index (χ1n) is 10.0. The zero-order chi connectivity index (χ0) is 21.2. The van der Waals surface area contributed by atoms with Gasteiger partial charge in [0.05, 0.1) is 18.3 Å². The molecule has 0 aliphatic carbocycles. The molecule has 0 aromatic carbocycles. The van der Waals surface area contributed by atoms with Gasteiger partial charge in [-0.3, -0.25) is 14.6 Å². The van der Waals surface area contributed by atoms with Crippen LogP contribution in [0.1, 0.15) is 48.4 Å². The smallest absolute Gasteiger partial charge is 0.246 e. The lowest BCUT2D eigenvalue weighted by atomic mass is 10.3. The van der Waals surface area contributed by atoms with Crippen LogP contribution in [-0.2, 0) is 24.3 Å². The molecule has 3 heterocycles. The summed E-state index contributed by atoms with van der Waals surface area (Å²) in [6.07, 6.45) is 9.45. The summed E-state index contributed by atoms with van der Waals surface area (Å²) < 4.78 is 1.90. The molecule has 1 amide bonds. The van der Waals surface area contributed by atoms with Gasteiger partial charge in [-0.2, -0.15) is 0 Å². The number of rotatable bonds is 7. The molecule has 8 heteroatoms. The van der Waals surface area contributed by atoms with E-state index in [0.717, 1.165) is 18.9 Å². The molecule has 3 rings (SSSR count). The van der Waals surface area contributed by atoms with E-state index in [2.05, 4.69) is 28.7 Å². The summed E-state index contributed by atoms with van der Waals surface area (Å²) in [7, 11) is 2.01. The SMILES string of the molecule is CCCc1cncs1.CCN(C)C/C=C/C(=O)N1CCn2c(C(C)=O)cnc2C1. The number of likely N-dealkylation sites (N-methyl/N-ethyl adjacent to an activating group) is 1. The zero-order valence-corrected chi connectivity index (χ0v) is 18.6. The van der Waals surface area contributed by atoms with Crippen LogP contribution < -0.4 is 0 Å². The first kappa shape index (κ1) is 23.0. The molecule has 7 nitrogen and oxygen atoms in total. The van der Waals surface area contributed by atoms with E-state index in [0.29, 0.717) is 25.3 Å². The van der Waals surface area contributed by atoms with Crippen LogP contribution in [0, 0.1) is 0 Å². The van der Waals surface area contributed by atoms with Crippen LogP contribution in [0.2, 0.25) is 0 Å². The van der Waals surface area contributed by atoms with Gasteiger partial charge in [-0.15, -0.1) is 11.3 Å². The third-order valence-electron chi connectivity index (χ3n) is 4.73. The van der Waals surface area contributed by atoms with Crippen molar-refractivity contribution >= 4 is 23.0 Å². The number of ketones is 1. The minimum Gasteiger partial charge on any atom is -0.330 e. The van der Waals surface area contributed by atoms with Gasteiger partial charge in [0.1, 0.15) is 11.5 Å². The Hall–Kier alpha value is -2.32. The molecule has 2 aromatic heterocycles. The molecule has 1 aliphatic rings. The van der Waals surface area contributed by atoms with Gasteiger partial charge in [0.2, 0.25) is 5.91 Å². The number of carbonyl (C=O) groups is 2. The van der Waals surface area contributed by atoms with Gasteiger partial charge in [-0.1, -0.05) is 26.3 Å². The van der Waals surface area contributed by atoms with E-state index in [-0.39, 0.29) is 11.7 Å². The highest BCUT2D eigenvalue weighted by Crippen LogP contribution is 2.15. The van der Waals surface area contributed by atoms with Gasteiger partial charge in [0.15, 0.2) is 5.78 Å². The molecule has 2 aromatic rings. The predicted octanol–water partition coefficient (Wildman–Crippen LogP) is 3.03. The third kappa shape index (κ3) is 6.90. The van der Waals surface area contributed by atoms with E-state index in [4.69, 9.17) is 0 Å². The average molecular weight is 418 g/mol. The molecule has 1 aliphatic heterocycles. The summed E-state index contributed by atoms with van der Waals surface area (Å²) in [5.74, 6) is 0.785. The van der Waals surface area contributed by atoms with E-state index >= 15 is 0 Å². The van der Waals surface area contributed by atoms with Crippen LogP contribution in [-0.4, -0.2) is 62.7 Å². The van der Waals surface area contributed by atoms with Crippen molar-refractivity contribution < 1.29 is 9.59 Å². The lowest BCUT2D eigenvalue weighted by molar-refractivity contribution is -0.127. The standard InChI is InChI=1S/C15H22N4O2.C6H9NS/c1-4-17(3)7-5-6-15(21)18-8-9-19-13(12(2)20)10-16-14(19)11-18;1-2-3-6-4-7-5-8-6/h5-6,10H,4,7-9,11H2,1-3H3;4-5H,2-3H2,1H3/b6-5+;. The highest BCUT2D eigenvalue weighted by Gasteiger charge is 2.23. The molecule has 0 saturated heterocycles. The van der Waals surface area contributed by atoms with Crippen molar-refractivity contribution in [3.05, 3.63) is 46.5 Å². The van der Waals surface area contributed by atoms with E-state index in [1.165, 1.54) is 24.6 Å². The molecule has 0 saturated carbocycles. The molecule has 29 heavy (non-hydrogen) atoms. The molecule has 0 N–H and O–H groups in total. The molecule has 158 valence electrons. The summed E-state index contributed by atoms with van der Waals surface area (Å²) in [6, 6.07) is 0. The Kier molecular flexibility index (Phi) is 9.21. The number of hydrogen-bond acceptors (Lipinski definition) is 6. The second kappa shape index (κ2) is 11.6. The number of nitrogens with zero attached hydrogens (tertiary/aromatic N) is 5. The molecular formula is C21H31N5O2S. The maximum atomic E-state index is 12.1. The lowest BCUT2D eigenvalue weighted by Gasteiger charge is -2.27. The molecule has 0 bridgehead atoms. The van der Waals surface area contributed by atoms with E-state index < -0.39 is 0 Å². The van der Waals surface area contributed by atoms with Crippen molar-refractivity contribution in [3.63, 3.8) is 0 Å². The molecule has 0 fully saturated rings. The normalized spacial score (nSPS) is 13.3. The van der Waals surface area contributed by atoms with Crippen molar-refractivity contribution in [2.45, 2.75) is 46.7 Å². The van der Waals surface area contributed by atoms with Crippen LogP contribution in [0.15, 0.2) is 30.1 Å². The monoisotopic (exact) mass is 417 g/mol. The Morgan fingerprint density at radius 2 is 2.07 bits per heavy atom. The number of aryl methyl sites for hydroxylation is 1. The quantitative estimate of drug-likeness (QED) is 0.511. The number of Topliss-reactive ketones (excluding diaryl/α,β-unsaturated/α-hetero) is 1. The Morgan fingerprint density at radius 1 is 1.28 bits per heavy atom. The maximum Gasteiger partial charge on any atom is 0.246 e. The topological polar surface area (TPSA) is 71.3 Å². The maximum absolute atomic E-state index is 12.1. The van der Waals surface area contributed by atoms with E-state index in [1.54, 1.807) is 28.5 Å². The second-order valence-corrected chi connectivity index (χ2v) is 7.97. The molecule has 0 unspecified atom stereocenters. The molecule has 0 radical (unpaired) electrons. The summed E-state index contributed by atoms with van der Waals surface area (Å²) in [4.78, 5) is 37.1. The zero-order valence-electron chi connectivity index (χ0n) is 17.8. The number of carbonyl (C=O) groups excluding carboxylic acids is 2. The predicted molar refractivity (Wildman–Crippen MR) is 116 cm³/mol. The van der Waals surface area contributed by atoms with Crippen molar-refractivity contribution in [3.8, 4) is 0 Å². The first-order chi connectivity index (χ1) is 14.0. The van der Waals surface area contributed by atoms with Crippen LogP contribution in [0.3, 0.4) is 0 Å². The Balaban J connectivity index is 0.000000313. The Bertz CT molecular complexity index is 813. The fourth-order valence-electron chi connectivity index (χ4n) is 2.91. The fourth-order valence-corrected chi connectivity index (χ4v) is 3.61. The van der Waals surface area contributed by atoms with Crippen molar-refractivity contribution in [1.82, 2.24) is 24.3 Å².